The molecule has 1 aliphatic heterocycles. The molecule has 174 valence electrons. The monoisotopic (exact) mass is 509 g/mol. The Labute approximate surface area is 205 Å². The number of ether oxygens (including phenoxy) is 1. The van der Waals surface area contributed by atoms with Crippen LogP contribution in [0.3, 0.4) is 0 Å². The van der Waals surface area contributed by atoms with Gasteiger partial charge in [-0.3, -0.25) is 0 Å². The lowest BCUT2D eigenvalue weighted by Gasteiger charge is -2.24. The average Bonchev–Trinajstić information content (AvgIpc) is 3.22. The molecule has 4 rings (SSSR count). The zero-order valence-corrected chi connectivity index (χ0v) is 20.6. The number of thioether (sulfide) groups is 1. The van der Waals surface area contributed by atoms with E-state index < -0.39 is 11.4 Å². The lowest BCUT2D eigenvalue weighted by Crippen LogP contribution is -2.35. The molecule has 0 bridgehead atoms. The fraction of sp³-hybridized carbons (Fsp3) is 0.364. The van der Waals surface area contributed by atoms with Gasteiger partial charge in [-0.2, -0.15) is 0 Å². The lowest BCUT2D eigenvalue weighted by molar-refractivity contribution is 0.0295. The smallest absolute Gasteiger partial charge is 0.410 e. The van der Waals surface area contributed by atoms with Crippen molar-refractivity contribution >= 4 is 63.6 Å². The number of likely N-dealkylation sites (tertiary alicyclic amines) is 1. The molecule has 1 aliphatic rings. The molecule has 1 fully saturated rings. The molecule has 7 nitrogen and oxygen atoms in total. The van der Waals surface area contributed by atoms with Crippen molar-refractivity contribution in [3.63, 3.8) is 0 Å². The third kappa shape index (κ3) is 5.59. The van der Waals surface area contributed by atoms with Crippen molar-refractivity contribution in [3.05, 3.63) is 46.5 Å². The Bertz CT molecular complexity index is 1210. The van der Waals surface area contributed by atoms with Crippen molar-refractivity contribution in [3.8, 4) is 0 Å². The fourth-order valence-corrected chi connectivity index (χ4v) is 4.74. The third-order valence-corrected chi connectivity index (χ3v) is 6.80. The van der Waals surface area contributed by atoms with Crippen LogP contribution in [0.4, 0.5) is 20.7 Å². The third-order valence-electron chi connectivity index (χ3n) is 4.83. The maximum Gasteiger partial charge on any atom is 0.410 e. The molecule has 11 heteroatoms. The first kappa shape index (κ1) is 23.8. The maximum atomic E-state index is 14.5. The number of nitrogens with zero attached hydrogens (tertiary/aromatic N) is 4. The van der Waals surface area contributed by atoms with Crippen molar-refractivity contribution < 1.29 is 13.9 Å². The molecule has 1 atom stereocenters. The van der Waals surface area contributed by atoms with Crippen LogP contribution in [0, 0.1) is 5.82 Å². The summed E-state index contributed by atoms with van der Waals surface area (Å²) in [6, 6.07) is 6.70. The number of carbonyl (C=O) groups excluding carboxylic acids is 1. The number of carbonyl (C=O) groups is 1. The number of amides is 1. The molecule has 33 heavy (non-hydrogen) atoms. The zero-order valence-electron chi connectivity index (χ0n) is 18.2. The minimum absolute atomic E-state index is 0.126. The van der Waals surface area contributed by atoms with Crippen LogP contribution in [0.2, 0.25) is 10.0 Å². The number of rotatable bonds is 4. The molecule has 0 spiro atoms. The predicted molar refractivity (Wildman–Crippen MR) is 129 cm³/mol. The number of aromatic nitrogens is 3. The first-order valence-corrected chi connectivity index (χ1v) is 11.9. The summed E-state index contributed by atoms with van der Waals surface area (Å²) >= 11 is 13.4. The van der Waals surface area contributed by atoms with Gasteiger partial charge in [-0.1, -0.05) is 23.2 Å². The van der Waals surface area contributed by atoms with Crippen molar-refractivity contribution in [1.29, 1.82) is 0 Å². The van der Waals surface area contributed by atoms with E-state index in [0.717, 1.165) is 11.4 Å². The Morgan fingerprint density at radius 2 is 2.03 bits per heavy atom. The van der Waals surface area contributed by atoms with Crippen molar-refractivity contribution in [2.75, 3.05) is 18.4 Å². The van der Waals surface area contributed by atoms with Crippen LogP contribution < -0.4 is 5.32 Å². The van der Waals surface area contributed by atoms with E-state index in [1.807, 2.05) is 32.9 Å². The van der Waals surface area contributed by atoms with Gasteiger partial charge in [-0.15, -0.1) is 11.8 Å². The summed E-state index contributed by atoms with van der Waals surface area (Å²) in [5, 5.41) is 3.83. The van der Waals surface area contributed by atoms with Gasteiger partial charge in [0, 0.05) is 18.3 Å². The van der Waals surface area contributed by atoms with Gasteiger partial charge < -0.3 is 15.0 Å². The topological polar surface area (TPSA) is 80.2 Å². The second-order valence-electron chi connectivity index (χ2n) is 8.54. The molecule has 0 saturated carbocycles. The van der Waals surface area contributed by atoms with Gasteiger partial charge in [0.2, 0.25) is 0 Å². The minimum Gasteiger partial charge on any atom is -0.444 e. The van der Waals surface area contributed by atoms with Crippen LogP contribution >= 0.6 is 35.0 Å². The Morgan fingerprint density at radius 3 is 2.79 bits per heavy atom. The first-order valence-electron chi connectivity index (χ1n) is 10.3. The molecule has 1 N–H and O–H groups in total. The van der Waals surface area contributed by atoms with Gasteiger partial charge >= 0.3 is 6.09 Å². The quantitative estimate of drug-likeness (QED) is 0.412. The van der Waals surface area contributed by atoms with Crippen LogP contribution in [0.15, 0.2) is 35.6 Å². The molecule has 3 aromatic rings. The Hall–Kier alpha value is -2.36. The zero-order chi connectivity index (χ0) is 23.8. The predicted octanol–water partition coefficient (Wildman–Crippen LogP) is 6.32. The summed E-state index contributed by atoms with van der Waals surface area (Å²) < 4.78 is 20.0. The van der Waals surface area contributed by atoms with E-state index in [9.17, 15) is 9.18 Å². The highest BCUT2D eigenvalue weighted by Gasteiger charge is 2.30. The van der Waals surface area contributed by atoms with E-state index in [1.165, 1.54) is 18.5 Å². The molecule has 1 amide bonds. The Kier molecular flexibility index (Phi) is 6.83. The number of anilines is 2. The molecule has 2 aromatic heterocycles. The van der Waals surface area contributed by atoms with E-state index in [4.69, 9.17) is 32.9 Å². The Morgan fingerprint density at radius 1 is 1.24 bits per heavy atom. The molecule has 1 unspecified atom stereocenters. The minimum atomic E-state index is -0.672. The summed E-state index contributed by atoms with van der Waals surface area (Å²) in [6.45, 7) is 6.76. The normalized spacial score (nSPS) is 16.3. The van der Waals surface area contributed by atoms with Gasteiger partial charge in [0.05, 0.1) is 26.3 Å². The molecular weight excluding hydrogens is 488 g/mol. The van der Waals surface area contributed by atoms with Gasteiger partial charge in [0.1, 0.15) is 17.4 Å². The summed E-state index contributed by atoms with van der Waals surface area (Å²) in [5.74, 6) is -0.323. The average molecular weight is 510 g/mol. The molecule has 0 radical (unpaired) electrons. The van der Waals surface area contributed by atoms with Crippen LogP contribution in [0.5, 0.6) is 0 Å². The second kappa shape index (κ2) is 9.48. The van der Waals surface area contributed by atoms with Gasteiger partial charge in [0.25, 0.3) is 0 Å². The van der Waals surface area contributed by atoms with Crippen molar-refractivity contribution in [1.82, 2.24) is 19.9 Å². The maximum absolute atomic E-state index is 14.5. The number of pyridine rings is 1. The number of nitrogens with one attached hydrogen (secondary N) is 1. The first-order chi connectivity index (χ1) is 15.6. The summed E-state index contributed by atoms with van der Waals surface area (Å²) in [5.41, 5.74) is 0.710. The largest absolute Gasteiger partial charge is 0.444 e. The van der Waals surface area contributed by atoms with E-state index in [-0.39, 0.29) is 27.1 Å². The van der Waals surface area contributed by atoms with Gasteiger partial charge in [-0.05, 0) is 51.5 Å². The number of hydrogen-bond acceptors (Lipinski definition) is 7. The van der Waals surface area contributed by atoms with Gasteiger partial charge in [0.15, 0.2) is 11.6 Å². The van der Waals surface area contributed by atoms with E-state index in [2.05, 4.69) is 15.3 Å². The number of hydrogen-bond donors (Lipinski definition) is 1. The highest BCUT2D eigenvalue weighted by molar-refractivity contribution is 7.99. The summed E-state index contributed by atoms with van der Waals surface area (Å²) in [6.07, 6.45) is 1.90. The summed E-state index contributed by atoms with van der Waals surface area (Å²) in [4.78, 5) is 27.2. The molecule has 1 saturated heterocycles. The SMILES string of the molecule is CC(C)(C)OC(=O)N1CCC(Sc2ccc3ncnc(Nc4ccc(Cl)c(Cl)c4F)c3n2)C1. The summed E-state index contributed by atoms with van der Waals surface area (Å²) in [7, 11) is 0. The fourth-order valence-electron chi connectivity index (χ4n) is 3.32. The van der Waals surface area contributed by atoms with Crippen molar-refractivity contribution in [2.24, 2.45) is 0 Å². The second-order valence-corrected chi connectivity index (χ2v) is 10.6. The number of fused-ring (bicyclic) bond motifs is 1. The molecule has 3 heterocycles. The van der Waals surface area contributed by atoms with Crippen LogP contribution in [-0.2, 0) is 4.74 Å². The van der Waals surface area contributed by atoms with Crippen LogP contribution in [0.25, 0.3) is 11.0 Å². The van der Waals surface area contributed by atoms with Crippen LogP contribution in [0.1, 0.15) is 27.2 Å². The van der Waals surface area contributed by atoms with Gasteiger partial charge in [-0.25, -0.2) is 24.1 Å². The highest BCUT2D eigenvalue weighted by atomic mass is 35.5. The number of benzene rings is 1. The van der Waals surface area contributed by atoms with Crippen LogP contribution in [-0.4, -0.2) is 49.9 Å². The molecule has 1 aromatic carbocycles. The van der Waals surface area contributed by atoms with Crippen molar-refractivity contribution in [2.45, 2.75) is 43.1 Å². The molecular formula is C22H22Cl2FN5O2S. The standard InChI is InChI=1S/C22H22Cl2FN5O2S/c1-22(2,3)32-21(31)30-9-8-12(10-30)33-16-7-6-15-19(29-16)20(27-11-26-15)28-14-5-4-13(23)17(24)18(14)25/h4-7,11-12H,8-10H2,1-3H3,(H,26,27,28). The van der Waals surface area contributed by atoms with E-state index in [0.29, 0.717) is 29.9 Å². The highest BCUT2D eigenvalue weighted by Crippen LogP contribution is 2.34. The lowest BCUT2D eigenvalue weighted by atomic mass is 10.2. The van der Waals surface area contributed by atoms with E-state index >= 15 is 0 Å². The Balaban J connectivity index is 1.52. The van der Waals surface area contributed by atoms with E-state index in [1.54, 1.807) is 16.7 Å². The number of halogens is 3. The molecule has 0 aliphatic carbocycles.